The van der Waals surface area contributed by atoms with Crippen molar-refractivity contribution < 1.29 is 28.0 Å². The first-order valence-electron chi connectivity index (χ1n) is 14.3. The third kappa shape index (κ3) is 30.7. The van der Waals surface area contributed by atoms with E-state index in [1.54, 1.807) is 0 Å². The summed E-state index contributed by atoms with van der Waals surface area (Å²) in [4.78, 5) is 11.7. The molecule has 0 aromatic rings. The zero-order chi connectivity index (χ0) is 26.1. The first-order valence-corrected chi connectivity index (χ1v) is 22.7. The van der Waals surface area contributed by atoms with Crippen LogP contribution in [0.4, 0.5) is 0 Å². The average molecular weight is 585 g/mol. The zero-order valence-corrected chi connectivity index (χ0v) is 26.4. The SMILES string of the molecule is CCCCCCCCCCCCCCCCCCOCCOCCOP(=O)([O-])OCC[As+](C)(C)C. The normalized spacial score (nSPS) is 13.9. The van der Waals surface area contributed by atoms with Gasteiger partial charge in [-0.2, -0.15) is 0 Å². The van der Waals surface area contributed by atoms with Gasteiger partial charge in [-0.05, 0) is 6.42 Å². The zero-order valence-electron chi connectivity index (χ0n) is 23.6. The van der Waals surface area contributed by atoms with Crippen LogP contribution in [0.2, 0.25) is 22.3 Å². The van der Waals surface area contributed by atoms with Gasteiger partial charge in [-0.1, -0.05) is 103 Å². The van der Waals surface area contributed by atoms with Crippen LogP contribution < -0.4 is 4.89 Å². The molecule has 0 aliphatic heterocycles. The second kappa shape index (κ2) is 24.9. The van der Waals surface area contributed by atoms with Crippen LogP contribution in [0.25, 0.3) is 0 Å². The number of hydrogen-bond acceptors (Lipinski definition) is 6. The molecule has 6 nitrogen and oxygen atoms in total. The molecule has 0 aromatic heterocycles. The number of ether oxygens (including phenoxy) is 2. The Hall–Kier alpha value is 0.588. The Kier molecular flexibility index (Phi) is 25.3. The Morgan fingerprint density at radius 1 is 0.543 bits per heavy atom. The summed E-state index contributed by atoms with van der Waals surface area (Å²) in [7, 11) is -4.21. The van der Waals surface area contributed by atoms with E-state index in [2.05, 4.69) is 24.1 Å². The molecule has 0 aliphatic rings. The van der Waals surface area contributed by atoms with Crippen molar-refractivity contribution in [3.05, 3.63) is 0 Å². The molecule has 0 saturated carbocycles. The molecule has 0 aromatic carbocycles. The predicted octanol–water partition coefficient (Wildman–Crippen LogP) is 8.12. The molecule has 212 valence electrons. The van der Waals surface area contributed by atoms with Crippen LogP contribution in [0.15, 0.2) is 0 Å². The molecule has 0 saturated heterocycles. The van der Waals surface area contributed by atoms with Crippen LogP contribution in [-0.4, -0.2) is 53.2 Å². The molecular formula is C27H58AsO6P. The summed E-state index contributed by atoms with van der Waals surface area (Å²) in [5.74, 6) is 0. The van der Waals surface area contributed by atoms with Gasteiger partial charge < -0.3 is 0 Å². The minimum absolute atomic E-state index is 0.0183. The van der Waals surface area contributed by atoms with Crippen molar-refractivity contribution >= 4 is 21.4 Å². The standard InChI is InChI=1S/C27H58AsO6P/c1-5-6-7-8-9-10-11-12-13-14-15-16-17-18-19-20-22-31-24-25-32-26-27-34-35(29,30)33-23-21-28(2,3)4/h5-27H2,1-4H3. The fourth-order valence-electron chi connectivity index (χ4n) is 3.75. The summed E-state index contributed by atoms with van der Waals surface area (Å²) in [6.45, 7) is 4.43. The first-order chi connectivity index (χ1) is 16.8. The quantitative estimate of drug-likeness (QED) is 0.0525. The monoisotopic (exact) mass is 584 g/mol. The molecule has 8 heteroatoms. The molecule has 0 heterocycles. The van der Waals surface area contributed by atoms with Crippen molar-refractivity contribution in [3.63, 3.8) is 0 Å². The fraction of sp³-hybridized carbons (Fsp3) is 1.00. The number of phosphoric acid groups is 1. The fourth-order valence-corrected chi connectivity index (χ4v) is 6.09. The predicted molar refractivity (Wildman–Crippen MR) is 149 cm³/mol. The third-order valence-corrected chi connectivity index (χ3v) is 10.2. The Morgan fingerprint density at radius 2 is 0.914 bits per heavy atom. The molecule has 1 unspecified atom stereocenters. The van der Waals surface area contributed by atoms with Crippen molar-refractivity contribution in [2.45, 2.75) is 132 Å². The van der Waals surface area contributed by atoms with Gasteiger partial charge in [0.1, 0.15) is 0 Å². The van der Waals surface area contributed by atoms with E-state index in [4.69, 9.17) is 18.5 Å². The molecule has 1 atom stereocenters. The van der Waals surface area contributed by atoms with Crippen molar-refractivity contribution in [1.29, 1.82) is 0 Å². The number of hydrogen-bond donors (Lipinski definition) is 0. The van der Waals surface area contributed by atoms with Gasteiger partial charge in [-0.3, -0.25) is 0 Å². The van der Waals surface area contributed by atoms with E-state index in [-0.39, 0.29) is 19.8 Å². The van der Waals surface area contributed by atoms with E-state index in [0.29, 0.717) is 13.2 Å². The Labute approximate surface area is 220 Å². The molecular weight excluding hydrogens is 526 g/mol. The van der Waals surface area contributed by atoms with Gasteiger partial charge in [-0.25, -0.2) is 0 Å². The average Bonchev–Trinajstić information content (AvgIpc) is 2.78. The number of phosphoric ester groups is 1. The molecule has 0 rings (SSSR count). The summed E-state index contributed by atoms with van der Waals surface area (Å²) < 4.78 is 32.3. The summed E-state index contributed by atoms with van der Waals surface area (Å²) in [6.07, 6.45) is 21.9. The second-order valence-corrected chi connectivity index (χ2v) is 22.6. The van der Waals surface area contributed by atoms with Crippen molar-refractivity contribution in [3.8, 4) is 0 Å². The molecule has 0 amide bonds. The first kappa shape index (κ1) is 35.6. The van der Waals surface area contributed by atoms with Crippen LogP contribution in [0.5, 0.6) is 0 Å². The molecule has 35 heavy (non-hydrogen) atoms. The Bertz CT molecular complexity index is 487. The summed E-state index contributed by atoms with van der Waals surface area (Å²) in [5, 5.41) is 0.821. The maximum absolute atomic E-state index is 11.7. The van der Waals surface area contributed by atoms with Gasteiger partial charge in [0.2, 0.25) is 0 Å². The van der Waals surface area contributed by atoms with Gasteiger partial charge in [0.05, 0.1) is 0 Å². The van der Waals surface area contributed by atoms with Crippen molar-refractivity contribution in [2.24, 2.45) is 0 Å². The number of unbranched alkanes of at least 4 members (excludes halogenated alkanes) is 15. The van der Waals surface area contributed by atoms with Crippen LogP contribution in [-0.2, 0) is 23.1 Å². The van der Waals surface area contributed by atoms with E-state index >= 15 is 0 Å². The minimum atomic E-state index is -4.21. The Morgan fingerprint density at radius 3 is 1.37 bits per heavy atom. The number of rotatable bonds is 28. The van der Waals surface area contributed by atoms with E-state index in [1.807, 2.05) is 0 Å². The van der Waals surface area contributed by atoms with Crippen LogP contribution in [0.3, 0.4) is 0 Å². The van der Waals surface area contributed by atoms with Crippen LogP contribution in [0.1, 0.15) is 110 Å². The maximum atomic E-state index is 11.7. The van der Waals surface area contributed by atoms with Gasteiger partial charge >= 0.3 is 111 Å². The summed E-state index contributed by atoms with van der Waals surface area (Å²) in [6, 6.07) is 0. The summed E-state index contributed by atoms with van der Waals surface area (Å²) >= 11 is -1.64. The van der Waals surface area contributed by atoms with E-state index in [1.165, 1.54) is 96.3 Å². The molecule has 0 bridgehead atoms. The van der Waals surface area contributed by atoms with Crippen molar-refractivity contribution in [2.75, 3.05) is 39.6 Å². The van der Waals surface area contributed by atoms with Crippen LogP contribution in [0, 0.1) is 0 Å². The second-order valence-electron chi connectivity index (χ2n) is 10.7. The summed E-state index contributed by atoms with van der Waals surface area (Å²) in [5.41, 5.74) is 6.61. The van der Waals surface area contributed by atoms with Crippen LogP contribution >= 0.6 is 7.82 Å². The van der Waals surface area contributed by atoms with E-state index < -0.39 is 21.4 Å². The van der Waals surface area contributed by atoms with E-state index in [0.717, 1.165) is 18.2 Å². The molecule has 0 N–H and O–H groups in total. The third-order valence-electron chi connectivity index (χ3n) is 6.00. The van der Waals surface area contributed by atoms with Gasteiger partial charge in [0.25, 0.3) is 0 Å². The van der Waals surface area contributed by atoms with Gasteiger partial charge in [0, 0.05) is 0 Å². The van der Waals surface area contributed by atoms with Crippen molar-refractivity contribution in [1.82, 2.24) is 0 Å². The van der Waals surface area contributed by atoms with Gasteiger partial charge in [-0.15, -0.1) is 0 Å². The topological polar surface area (TPSA) is 77.1 Å². The molecule has 0 spiro atoms. The molecule has 0 aliphatic carbocycles. The van der Waals surface area contributed by atoms with Gasteiger partial charge in [0.15, 0.2) is 0 Å². The molecule has 0 fully saturated rings. The van der Waals surface area contributed by atoms with E-state index in [9.17, 15) is 9.46 Å². The Balaban J connectivity index is 3.21. The molecule has 0 radical (unpaired) electrons.